The molecule has 0 aliphatic carbocycles. The van der Waals surface area contributed by atoms with E-state index in [1.54, 1.807) is 12.1 Å². The van der Waals surface area contributed by atoms with E-state index in [0.717, 1.165) is 5.56 Å². The van der Waals surface area contributed by atoms with E-state index in [1.165, 1.54) is 12.1 Å². The number of nitrogens with one attached hydrogen (secondary N) is 1. The van der Waals surface area contributed by atoms with E-state index in [0.29, 0.717) is 6.54 Å². The Kier molecular flexibility index (Phi) is 4.32. The summed E-state index contributed by atoms with van der Waals surface area (Å²) in [5, 5.41) is 2.55. The first kappa shape index (κ1) is 13.0. The maximum atomic E-state index is 10.9. The van der Waals surface area contributed by atoms with Gasteiger partial charge in [0.1, 0.15) is 0 Å². The normalized spacial score (nSPS) is 11.2. The summed E-state index contributed by atoms with van der Waals surface area (Å²) in [5.41, 5.74) is 5.86. The van der Waals surface area contributed by atoms with Crippen molar-refractivity contribution in [2.75, 3.05) is 6.54 Å². The van der Waals surface area contributed by atoms with Gasteiger partial charge in [0.05, 0.1) is 0 Å². The summed E-state index contributed by atoms with van der Waals surface area (Å²) in [6.07, 6.45) is 0. The second-order valence-electron chi connectivity index (χ2n) is 3.19. The SMILES string of the molecule is NCC(=O)NCc1ccc([As](=O)(O)O)cc1. The fraction of sp³-hybridized carbons (Fsp3) is 0.222. The van der Waals surface area contributed by atoms with Crippen LogP contribution in [0, 0.1) is 0 Å². The number of carbonyl (C=O) groups excluding carboxylic acids is 1. The van der Waals surface area contributed by atoms with Gasteiger partial charge in [0.15, 0.2) is 0 Å². The predicted molar refractivity (Wildman–Crippen MR) is 57.9 cm³/mol. The Labute approximate surface area is 95.5 Å². The van der Waals surface area contributed by atoms with E-state index in [1.807, 2.05) is 0 Å². The van der Waals surface area contributed by atoms with Crippen molar-refractivity contribution in [2.45, 2.75) is 6.54 Å². The molecule has 0 unspecified atom stereocenters. The molecule has 1 amide bonds. The molecule has 0 heterocycles. The van der Waals surface area contributed by atoms with Crippen molar-refractivity contribution in [3.63, 3.8) is 0 Å². The van der Waals surface area contributed by atoms with Crippen molar-refractivity contribution in [1.82, 2.24) is 5.32 Å². The average Bonchev–Trinajstić information content (AvgIpc) is 2.25. The van der Waals surface area contributed by atoms with Crippen LogP contribution in [0.5, 0.6) is 0 Å². The Morgan fingerprint density at radius 1 is 1.31 bits per heavy atom. The summed E-state index contributed by atoms with van der Waals surface area (Å²) in [6.45, 7) is 0.216. The van der Waals surface area contributed by atoms with Crippen molar-refractivity contribution in [2.24, 2.45) is 5.73 Å². The summed E-state index contributed by atoms with van der Waals surface area (Å²) >= 11 is -4.79. The van der Waals surface area contributed by atoms with E-state index in [9.17, 15) is 8.53 Å². The molecular weight excluding hydrogens is 275 g/mol. The third-order valence-electron chi connectivity index (χ3n) is 1.95. The van der Waals surface area contributed by atoms with Crippen molar-refractivity contribution in [3.8, 4) is 0 Å². The molecule has 0 saturated carbocycles. The van der Waals surface area contributed by atoms with Crippen molar-refractivity contribution >= 4 is 24.4 Å². The molecule has 5 N–H and O–H groups in total. The molecule has 1 rings (SSSR count). The third kappa shape index (κ3) is 3.83. The van der Waals surface area contributed by atoms with Gasteiger partial charge in [-0.15, -0.1) is 0 Å². The number of rotatable bonds is 4. The Bertz CT molecular complexity index is 412. The molecule has 16 heavy (non-hydrogen) atoms. The van der Waals surface area contributed by atoms with E-state index in [-0.39, 0.29) is 16.8 Å². The number of nitrogens with two attached hydrogens (primary N) is 1. The van der Waals surface area contributed by atoms with Gasteiger partial charge in [0, 0.05) is 0 Å². The fourth-order valence-corrected chi connectivity index (χ4v) is 2.21. The van der Waals surface area contributed by atoms with Gasteiger partial charge in [-0.1, -0.05) is 0 Å². The molecule has 0 fully saturated rings. The first-order valence-electron chi connectivity index (χ1n) is 4.55. The first-order chi connectivity index (χ1) is 7.43. The molecule has 0 aliphatic rings. The quantitative estimate of drug-likeness (QED) is 0.471. The van der Waals surface area contributed by atoms with Crippen LogP contribution >= 0.6 is 0 Å². The molecule has 0 aliphatic heterocycles. The summed E-state index contributed by atoms with van der Waals surface area (Å²) in [5.74, 6) is -0.275. The van der Waals surface area contributed by atoms with Crippen molar-refractivity contribution in [3.05, 3.63) is 29.8 Å². The van der Waals surface area contributed by atoms with Gasteiger partial charge in [0.2, 0.25) is 0 Å². The summed E-state index contributed by atoms with van der Waals surface area (Å²) in [7, 11) is 0. The molecular formula is C9H13AsN2O4. The monoisotopic (exact) mass is 288 g/mol. The zero-order chi connectivity index (χ0) is 12.2. The minimum atomic E-state index is -4.79. The van der Waals surface area contributed by atoms with Crippen LogP contribution < -0.4 is 15.4 Å². The molecule has 1 aromatic rings. The van der Waals surface area contributed by atoms with Crippen molar-refractivity contribution < 1.29 is 16.7 Å². The molecule has 7 heteroatoms. The van der Waals surface area contributed by atoms with Crippen LogP contribution in [0.2, 0.25) is 0 Å². The van der Waals surface area contributed by atoms with Gasteiger partial charge in [-0.25, -0.2) is 0 Å². The molecule has 0 atom stereocenters. The van der Waals surface area contributed by atoms with Gasteiger partial charge >= 0.3 is 95.1 Å². The van der Waals surface area contributed by atoms with Crippen LogP contribution in [0.4, 0.5) is 0 Å². The van der Waals surface area contributed by atoms with Crippen LogP contribution in [0.1, 0.15) is 5.56 Å². The Morgan fingerprint density at radius 2 is 1.88 bits per heavy atom. The van der Waals surface area contributed by atoms with Crippen LogP contribution in [0.3, 0.4) is 0 Å². The first-order valence-corrected chi connectivity index (χ1v) is 7.93. The zero-order valence-electron chi connectivity index (χ0n) is 8.46. The molecule has 0 aromatic heterocycles. The average molecular weight is 288 g/mol. The summed E-state index contributed by atoms with van der Waals surface area (Å²) < 4.78 is 28.8. The number of hydrogen-bond donors (Lipinski definition) is 4. The standard InChI is InChI=1S/C9H13AsN2O4/c11-5-9(13)12-6-7-1-3-8(4-2-7)10(14,15)16/h1-4H,5-6,11H2,(H,12,13)(H2,14,15,16). The predicted octanol–water partition coefficient (Wildman–Crippen LogP) is -2.18. The second-order valence-corrected chi connectivity index (χ2v) is 6.56. The van der Waals surface area contributed by atoms with Gasteiger partial charge in [-0.3, -0.25) is 0 Å². The molecule has 1 aromatic carbocycles. The van der Waals surface area contributed by atoms with E-state index in [4.69, 9.17) is 13.9 Å². The molecule has 0 radical (unpaired) electrons. The van der Waals surface area contributed by atoms with Crippen LogP contribution in [-0.4, -0.2) is 34.8 Å². The Morgan fingerprint density at radius 3 is 2.31 bits per heavy atom. The van der Waals surface area contributed by atoms with E-state index < -0.39 is 14.2 Å². The molecule has 0 spiro atoms. The van der Waals surface area contributed by atoms with Gasteiger partial charge in [0.25, 0.3) is 0 Å². The number of amides is 1. The number of carbonyl (C=O) groups is 1. The Hall–Kier alpha value is -1.07. The topological polar surface area (TPSA) is 113 Å². The van der Waals surface area contributed by atoms with Crippen molar-refractivity contribution in [1.29, 1.82) is 0 Å². The summed E-state index contributed by atoms with van der Waals surface area (Å²) in [6, 6.07) is 5.85. The minimum absolute atomic E-state index is 0.0204. The van der Waals surface area contributed by atoms with E-state index in [2.05, 4.69) is 5.32 Å². The zero-order valence-corrected chi connectivity index (χ0v) is 10.3. The number of hydrogen-bond acceptors (Lipinski definition) is 3. The fourth-order valence-electron chi connectivity index (χ4n) is 1.08. The second kappa shape index (κ2) is 5.32. The maximum absolute atomic E-state index is 10.9. The molecule has 6 nitrogen and oxygen atoms in total. The van der Waals surface area contributed by atoms with Crippen LogP contribution in [-0.2, 0) is 15.1 Å². The third-order valence-corrected chi connectivity index (χ3v) is 3.98. The Balaban J connectivity index is 2.65. The molecule has 88 valence electrons. The molecule has 0 bridgehead atoms. The van der Waals surface area contributed by atoms with Crippen LogP contribution in [0.15, 0.2) is 24.3 Å². The van der Waals surface area contributed by atoms with Gasteiger partial charge in [-0.2, -0.15) is 0 Å². The molecule has 0 saturated heterocycles. The van der Waals surface area contributed by atoms with E-state index >= 15 is 0 Å². The van der Waals surface area contributed by atoms with Crippen LogP contribution in [0.25, 0.3) is 0 Å². The summed E-state index contributed by atoms with van der Waals surface area (Å²) in [4.78, 5) is 10.9. The van der Waals surface area contributed by atoms with Gasteiger partial charge in [-0.05, 0) is 0 Å². The van der Waals surface area contributed by atoms with Gasteiger partial charge < -0.3 is 0 Å². The number of benzene rings is 1.